The lowest BCUT2D eigenvalue weighted by atomic mass is 10.1. The summed E-state index contributed by atoms with van der Waals surface area (Å²) < 4.78 is 20.9. The molecular weight excluding hydrogens is 539 g/mol. The number of anilines is 2. The fourth-order valence-corrected chi connectivity index (χ4v) is 5.42. The lowest BCUT2D eigenvalue weighted by Crippen LogP contribution is -2.49. The maximum absolute atomic E-state index is 14.8. The minimum Gasteiger partial charge on any atom is -0.489 e. The van der Waals surface area contributed by atoms with E-state index in [0.717, 1.165) is 16.9 Å². The Morgan fingerprint density at radius 3 is 2.69 bits per heavy atom. The first-order chi connectivity index (χ1) is 20.4. The molecule has 2 aliphatic heterocycles. The molecule has 0 bridgehead atoms. The Morgan fingerprint density at radius 2 is 1.93 bits per heavy atom. The van der Waals surface area contributed by atoms with E-state index in [4.69, 9.17) is 10.00 Å². The lowest BCUT2D eigenvalue weighted by molar-refractivity contribution is 0.0740. The molecule has 42 heavy (non-hydrogen) atoms. The number of nitriles is 1. The molecule has 12 heteroatoms. The van der Waals surface area contributed by atoms with Gasteiger partial charge < -0.3 is 19.4 Å². The molecule has 5 heterocycles. The van der Waals surface area contributed by atoms with Crippen LogP contribution in [0.15, 0.2) is 65.8 Å². The third-order valence-electron chi connectivity index (χ3n) is 7.74. The van der Waals surface area contributed by atoms with E-state index >= 15 is 0 Å². The first kappa shape index (κ1) is 26.9. The molecule has 1 fully saturated rings. The fourth-order valence-electron chi connectivity index (χ4n) is 5.42. The van der Waals surface area contributed by atoms with Crippen LogP contribution in [0.5, 0.6) is 5.75 Å². The Hall–Kier alpha value is -5.31. The minimum atomic E-state index is -0.860. The molecule has 1 amide bonds. The molecule has 3 aromatic heterocycles. The molecule has 1 atom stereocenters. The number of H-pyrrole nitrogens is 1. The molecule has 1 saturated heterocycles. The molecule has 1 unspecified atom stereocenters. The maximum atomic E-state index is 14.8. The van der Waals surface area contributed by atoms with Crippen LogP contribution in [0.25, 0.3) is 0 Å². The summed E-state index contributed by atoms with van der Waals surface area (Å²) in [6, 6.07) is 14.6. The second-order valence-electron chi connectivity index (χ2n) is 10.2. The summed E-state index contributed by atoms with van der Waals surface area (Å²) in [5, 5.41) is 15.4. The molecule has 1 aromatic carbocycles. The van der Waals surface area contributed by atoms with Gasteiger partial charge in [-0.15, -0.1) is 0 Å². The number of nitrogens with one attached hydrogen (secondary N) is 1. The average molecular weight is 567 g/mol. The highest BCUT2D eigenvalue weighted by atomic mass is 19.1. The summed E-state index contributed by atoms with van der Waals surface area (Å²) >= 11 is 0. The van der Waals surface area contributed by atoms with Crippen LogP contribution in [0.4, 0.5) is 15.9 Å². The summed E-state index contributed by atoms with van der Waals surface area (Å²) in [5.41, 5.74) is 3.47. The predicted octanol–water partition coefficient (Wildman–Crippen LogP) is 2.98. The number of rotatable bonds is 6. The summed E-state index contributed by atoms with van der Waals surface area (Å²) in [7, 11) is 0. The van der Waals surface area contributed by atoms with Crippen molar-refractivity contribution < 1.29 is 13.9 Å². The number of ether oxygens (including phenoxy) is 1. The third-order valence-corrected chi connectivity index (χ3v) is 7.74. The van der Waals surface area contributed by atoms with Gasteiger partial charge in [0.05, 0.1) is 35.2 Å². The van der Waals surface area contributed by atoms with Crippen LogP contribution >= 0.6 is 0 Å². The maximum Gasteiger partial charge on any atom is 0.269 e. The zero-order valence-electron chi connectivity index (χ0n) is 22.8. The molecule has 1 N–H and O–H groups in total. The zero-order valence-corrected chi connectivity index (χ0v) is 22.8. The Kier molecular flexibility index (Phi) is 7.23. The fraction of sp³-hybridized carbons (Fsp3) is 0.267. The topological polar surface area (TPSA) is 131 Å². The number of fused-ring (bicyclic) bond motifs is 1. The van der Waals surface area contributed by atoms with E-state index in [1.165, 1.54) is 18.5 Å². The van der Waals surface area contributed by atoms with Crippen LogP contribution in [0.2, 0.25) is 0 Å². The van der Waals surface area contributed by atoms with Gasteiger partial charge in [0, 0.05) is 44.5 Å². The Balaban J connectivity index is 1.16. The Morgan fingerprint density at radius 1 is 1.12 bits per heavy atom. The smallest absolute Gasteiger partial charge is 0.269 e. The van der Waals surface area contributed by atoms with E-state index in [1.54, 1.807) is 30.2 Å². The third kappa shape index (κ3) is 5.12. The number of nitrogens with zero attached hydrogens (tertiary/aromatic N) is 7. The van der Waals surface area contributed by atoms with Crippen molar-refractivity contribution in [3.8, 4) is 11.8 Å². The molecule has 212 valence electrons. The van der Waals surface area contributed by atoms with Gasteiger partial charge in [0.15, 0.2) is 0 Å². The number of benzene rings is 1. The number of amides is 1. The van der Waals surface area contributed by atoms with Gasteiger partial charge in [0.1, 0.15) is 24.2 Å². The van der Waals surface area contributed by atoms with E-state index in [2.05, 4.69) is 25.1 Å². The number of hydrogen-bond acceptors (Lipinski definition) is 9. The van der Waals surface area contributed by atoms with Gasteiger partial charge in [0.2, 0.25) is 5.95 Å². The summed E-state index contributed by atoms with van der Waals surface area (Å²) in [6.07, 6.45) is 4.41. The van der Waals surface area contributed by atoms with Gasteiger partial charge in [0.25, 0.3) is 11.5 Å². The van der Waals surface area contributed by atoms with Gasteiger partial charge in [-0.05, 0) is 36.2 Å². The van der Waals surface area contributed by atoms with E-state index < -0.39 is 11.9 Å². The molecule has 4 aromatic rings. The van der Waals surface area contributed by atoms with E-state index in [-0.39, 0.29) is 29.5 Å². The van der Waals surface area contributed by atoms with Crippen LogP contribution in [0.1, 0.15) is 38.7 Å². The number of aromatic nitrogens is 4. The highest BCUT2D eigenvalue weighted by molar-refractivity contribution is 5.94. The van der Waals surface area contributed by atoms with Gasteiger partial charge in [-0.3, -0.25) is 9.59 Å². The zero-order chi connectivity index (χ0) is 29.2. The van der Waals surface area contributed by atoms with Gasteiger partial charge in [-0.25, -0.2) is 15.1 Å². The number of hydrogen-bond donors (Lipinski definition) is 1. The van der Waals surface area contributed by atoms with Gasteiger partial charge in [-0.1, -0.05) is 24.3 Å². The summed E-state index contributed by atoms with van der Waals surface area (Å²) in [6.45, 7) is 4.29. The first-order valence-electron chi connectivity index (χ1n) is 13.5. The van der Waals surface area contributed by atoms with Gasteiger partial charge in [-0.2, -0.15) is 14.8 Å². The second kappa shape index (κ2) is 11.3. The molecule has 0 radical (unpaired) electrons. The SMILES string of the molecule is Cc1c(N2Cc3ccccc3C2COc2cnc(F)c(C(=O)N3CCN(c4ccc(C#N)cn4)CC3)c2)cn[nH]c1=O. The van der Waals surface area contributed by atoms with Crippen molar-refractivity contribution in [3.63, 3.8) is 0 Å². The monoisotopic (exact) mass is 566 g/mol. The normalized spacial score (nSPS) is 16.2. The first-order valence-corrected chi connectivity index (χ1v) is 13.5. The summed E-state index contributed by atoms with van der Waals surface area (Å²) in [4.78, 5) is 39.4. The van der Waals surface area contributed by atoms with Crippen LogP contribution in [-0.2, 0) is 6.54 Å². The van der Waals surface area contributed by atoms with Crippen molar-refractivity contribution in [1.82, 2.24) is 25.1 Å². The largest absolute Gasteiger partial charge is 0.489 e. The molecular formula is C30H27FN8O3. The van der Waals surface area contributed by atoms with Crippen molar-refractivity contribution in [2.75, 3.05) is 42.6 Å². The predicted molar refractivity (Wildman–Crippen MR) is 152 cm³/mol. The molecule has 0 spiro atoms. The molecule has 6 rings (SSSR count). The number of piperazine rings is 1. The lowest BCUT2D eigenvalue weighted by Gasteiger charge is -2.35. The number of carbonyl (C=O) groups is 1. The quantitative estimate of drug-likeness (QED) is 0.350. The highest BCUT2D eigenvalue weighted by Gasteiger charge is 2.33. The summed E-state index contributed by atoms with van der Waals surface area (Å²) in [5.74, 6) is -0.333. The van der Waals surface area contributed by atoms with Crippen molar-refractivity contribution in [3.05, 3.63) is 105 Å². The highest BCUT2D eigenvalue weighted by Crippen LogP contribution is 2.38. The average Bonchev–Trinajstić information content (AvgIpc) is 3.40. The standard InChI is InChI=1S/C30H27FN8O3/c1-19-25(16-35-36-29(19)40)39-17-21-4-2-3-5-23(21)26(39)18-42-22-12-24(28(31)34-15-22)30(41)38-10-8-37(9-11-38)27-7-6-20(13-32)14-33-27/h2-7,12,14-16,26H,8-11,17-18H2,1H3,(H,36,40). The van der Waals surface area contributed by atoms with Crippen LogP contribution in [0, 0.1) is 24.2 Å². The molecule has 2 aliphatic rings. The Labute approximate surface area is 240 Å². The van der Waals surface area contributed by atoms with E-state index in [9.17, 15) is 14.0 Å². The van der Waals surface area contributed by atoms with E-state index in [0.29, 0.717) is 49.5 Å². The molecule has 0 aliphatic carbocycles. The van der Waals surface area contributed by atoms with Crippen LogP contribution in [0.3, 0.4) is 0 Å². The molecule has 0 saturated carbocycles. The van der Waals surface area contributed by atoms with Crippen LogP contribution < -0.4 is 20.1 Å². The van der Waals surface area contributed by atoms with Gasteiger partial charge >= 0.3 is 0 Å². The van der Waals surface area contributed by atoms with Crippen LogP contribution in [-0.4, -0.2) is 63.8 Å². The Bertz CT molecular complexity index is 1730. The van der Waals surface area contributed by atoms with Crippen molar-refractivity contribution in [1.29, 1.82) is 5.26 Å². The number of halogens is 1. The number of carbonyl (C=O) groups excluding carboxylic acids is 1. The van der Waals surface area contributed by atoms with Crippen molar-refractivity contribution >= 4 is 17.4 Å². The number of aromatic amines is 1. The number of pyridine rings is 2. The van der Waals surface area contributed by atoms with E-state index in [1.807, 2.05) is 35.2 Å². The van der Waals surface area contributed by atoms with Crippen molar-refractivity contribution in [2.45, 2.75) is 19.5 Å². The minimum absolute atomic E-state index is 0.157. The second-order valence-corrected chi connectivity index (χ2v) is 10.2. The molecule has 11 nitrogen and oxygen atoms in total. The van der Waals surface area contributed by atoms with Crippen molar-refractivity contribution in [2.24, 2.45) is 0 Å².